The maximum absolute atomic E-state index is 14.1. The Balaban J connectivity index is 1.78. The number of nitrogens with zero attached hydrogens (tertiary/aromatic N) is 2. The minimum Gasteiger partial charge on any atom is -0.391 e. The first-order chi connectivity index (χ1) is 23.0. The molecule has 0 spiro atoms. The van der Waals surface area contributed by atoms with Crippen LogP contribution in [0.25, 0.3) is 10.8 Å². The predicted molar refractivity (Wildman–Crippen MR) is 197 cm³/mol. The molecule has 0 radical (unpaired) electrons. The van der Waals surface area contributed by atoms with E-state index in [0.29, 0.717) is 43.9 Å². The van der Waals surface area contributed by atoms with Crippen molar-refractivity contribution < 1.29 is 19.5 Å². The highest BCUT2D eigenvalue weighted by Crippen LogP contribution is 2.27. The van der Waals surface area contributed by atoms with Crippen LogP contribution < -0.4 is 16.0 Å². The van der Waals surface area contributed by atoms with E-state index in [1.54, 1.807) is 5.51 Å². The normalized spacial score (nSPS) is 14.8. The highest BCUT2D eigenvalue weighted by Gasteiger charge is 2.32. The third kappa shape index (κ3) is 12.8. The monoisotopic (exact) mass is 697 g/mol. The molecule has 3 aromatic rings. The number of aliphatic hydroxyl groups is 1. The van der Waals surface area contributed by atoms with Crippen LogP contribution in [-0.4, -0.2) is 63.5 Å². The van der Waals surface area contributed by atoms with Crippen molar-refractivity contribution in [1.82, 2.24) is 26.1 Å². The largest absolute Gasteiger partial charge is 0.391 e. The molecule has 9 nitrogen and oxygen atoms in total. The van der Waals surface area contributed by atoms with Crippen molar-refractivity contribution in [3.8, 4) is 0 Å². The molecule has 2 aromatic carbocycles. The Morgan fingerprint density at radius 3 is 2.31 bits per heavy atom. The highest BCUT2D eigenvalue weighted by atomic mass is 32.2. The number of hydrogen-bond donors (Lipinski definition) is 4. The van der Waals surface area contributed by atoms with Crippen molar-refractivity contribution in [2.45, 2.75) is 109 Å². The zero-order valence-electron chi connectivity index (χ0n) is 29.4. The van der Waals surface area contributed by atoms with Crippen LogP contribution in [0.4, 0.5) is 0 Å². The van der Waals surface area contributed by atoms with Crippen molar-refractivity contribution in [3.05, 3.63) is 53.5 Å². The SMILES string of the molecule is CCCC[C@H](NC(=O)[C@@H](CSc1nncs1)Cc1cccc2ccccc12)C(=O)N[C@@H](CC(C)C)[C@@H](O)CC(CC)C(=O)NCC(C)C. The van der Waals surface area contributed by atoms with Gasteiger partial charge in [0.15, 0.2) is 4.34 Å². The van der Waals surface area contributed by atoms with Crippen LogP contribution in [0.15, 0.2) is 52.3 Å². The number of carbonyl (C=O) groups is 3. The number of aliphatic hydroxyl groups excluding tert-OH is 1. The number of hydrogen-bond acceptors (Lipinski definition) is 8. The van der Waals surface area contributed by atoms with Crippen molar-refractivity contribution >= 4 is 51.6 Å². The summed E-state index contributed by atoms with van der Waals surface area (Å²) in [7, 11) is 0. The molecule has 5 atom stereocenters. The standard InChI is InChI=1S/C37H55N5O4S2/c1-7-9-17-31(36(46)41-32(18-24(3)4)33(43)20-26(8-2)34(44)38-21-25(5)6)40-35(45)29(22-47-37-42-39-23-48-37)19-28-15-12-14-27-13-10-11-16-30(27)28/h10-16,23-26,29,31-33,43H,7-9,17-22H2,1-6H3,(H,38,44)(H,40,45)(H,41,46)/t26?,29-,31+,32+,33+/m1/s1. The molecule has 0 saturated heterocycles. The number of amides is 3. The van der Waals surface area contributed by atoms with Crippen molar-refractivity contribution in [3.63, 3.8) is 0 Å². The molecule has 3 amide bonds. The Hall–Kier alpha value is -3.02. The molecule has 0 saturated carbocycles. The maximum atomic E-state index is 14.1. The highest BCUT2D eigenvalue weighted by molar-refractivity contribution is 8.01. The number of thioether (sulfide) groups is 1. The van der Waals surface area contributed by atoms with E-state index in [-0.39, 0.29) is 36.0 Å². The molecule has 0 fully saturated rings. The smallest absolute Gasteiger partial charge is 0.242 e. The average Bonchev–Trinajstić information content (AvgIpc) is 3.59. The van der Waals surface area contributed by atoms with E-state index in [1.165, 1.54) is 23.1 Å². The van der Waals surface area contributed by atoms with Gasteiger partial charge in [-0.05, 0) is 60.3 Å². The predicted octanol–water partition coefficient (Wildman–Crippen LogP) is 6.40. The summed E-state index contributed by atoms with van der Waals surface area (Å²) in [4.78, 5) is 40.8. The van der Waals surface area contributed by atoms with Crippen LogP contribution in [0.5, 0.6) is 0 Å². The fourth-order valence-corrected chi connectivity index (χ4v) is 7.40. The van der Waals surface area contributed by atoms with Gasteiger partial charge < -0.3 is 21.1 Å². The van der Waals surface area contributed by atoms with Crippen LogP contribution in [0, 0.1) is 23.7 Å². The molecule has 1 aromatic heterocycles. The van der Waals surface area contributed by atoms with E-state index < -0.39 is 24.1 Å². The number of benzene rings is 2. The van der Waals surface area contributed by atoms with E-state index in [0.717, 1.165) is 33.5 Å². The fraction of sp³-hybridized carbons (Fsp3) is 0.595. The average molecular weight is 698 g/mol. The molecule has 0 bridgehead atoms. The summed E-state index contributed by atoms with van der Waals surface area (Å²) >= 11 is 2.93. The van der Waals surface area contributed by atoms with Crippen LogP contribution in [-0.2, 0) is 20.8 Å². The number of rotatable bonds is 21. The Labute approximate surface area is 294 Å². The summed E-state index contributed by atoms with van der Waals surface area (Å²) in [5.41, 5.74) is 2.75. The number of carbonyl (C=O) groups excluding carboxylic acids is 3. The second kappa shape index (κ2) is 20.5. The molecule has 0 aliphatic carbocycles. The molecule has 11 heteroatoms. The lowest BCUT2D eigenvalue weighted by Gasteiger charge is -2.30. The van der Waals surface area contributed by atoms with Gasteiger partial charge in [-0.3, -0.25) is 14.4 Å². The minimum atomic E-state index is -0.906. The lowest BCUT2D eigenvalue weighted by Crippen LogP contribution is -2.54. The minimum absolute atomic E-state index is 0.0726. The zero-order valence-corrected chi connectivity index (χ0v) is 31.0. The molecule has 1 heterocycles. The van der Waals surface area contributed by atoms with Gasteiger partial charge in [0.05, 0.1) is 18.1 Å². The van der Waals surface area contributed by atoms with Crippen molar-refractivity contribution in [2.75, 3.05) is 12.3 Å². The lowest BCUT2D eigenvalue weighted by molar-refractivity contribution is -0.132. The molecular weight excluding hydrogens is 643 g/mol. The molecular formula is C37H55N5O4S2. The molecule has 4 N–H and O–H groups in total. The first-order valence-corrected chi connectivity index (χ1v) is 19.3. The van der Waals surface area contributed by atoms with E-state index in [4.69, 9.17) is 0 Å². The van der Waals surface area contributed by atoms with Crippen molar-refractivity contribution in [2.24, 2.45) is 23.7 Å². The topological polar surface area (TPSA) is 133 Å². The van der Waals surface area contributed by atoms with E-state index >= 15 is 0 Å². The van der Waals surface area contributed by atoms with Crippen LogP contribution in [0.2, 0.25) is 0 Å². The quantitative estimate of drug-likeness (QED) is 0.0948. The number of unbranched alkanes of at least 4 members (excludes halogenated alkanes) is 1. The molecule has 3 rings (SSSR count). The van der Waals surface area contributed by atoms with E-state index in [9.17, 15) is 19.5 Å². The number of fused-ring (bicyclic) bond motifs is 1. The maximum Gasteiger partial charge on any atom is 0.242 e. The summed E-state index contributed by atoms with van der Waals surface area (Å²) in [6, 6.07) is 13.0. The summed E-state index contributed by atoms with van der Waals surface area (Å²) < 4.78 is 0.791. The van der Waals surface area contributed by atoms with E-state index in [1.807, 2.05) is 52.8 Å². The third-order valence-electron chi connectivity index (χ3n) is 8.54. The number of aromatic nitrogens is 2. The van der Waals surface area contributed by atoms with Crippen LogP contribution in [0.3, 0.4) is 0 Å². The van der Waals surface area contributed by atoms with Gasteiger partial charge in [-0.25, -0.2) is 0 Å². The summed E-state index contributed by atoms with van der Waals surface area (Å²) in [6.45, 7) is 12.8. The van der Waals surface area contributed by atoms with Gasteiger partial charge in [-0.1, -0.05) is 120 Å². The number of nitrogens with one attached hydrogen (secondary N) is 3. The Kier molecular flexibility index (Phi) is 16.8. The van der Waals surface area contributed by atoms with Crippen molar-refractivity contribution in [1.29, 1.82) is 0 Å². The van der Waals surface area contributed by atoms with Gasteiger partial charge in [0.25, 0.3) is 0 Å². The molecule has 48 heavy (non-hydrogen) atoms. The molecule has 0 aliphatic rings. The Morgan fingerprint density at radius 2 is 1.65 bits per heavy atom. The second-order valence-electron chi connectivity index (χ2n) is 13.6. The Bertz CT molecular complexity index is 1410. The second-order valence-corrected chi connectivity index (χ2v) is 15.7. The molecule has 1 unspecified atom stereocenters. The van der Waals surface area contributed by atoms with E-state index in [2.05, 4.69) is 57.3 Å². The van der Waals surface area contributed by atoms with Gasteiger partial charge in [-0.2, -0.15) is 0 Å². The molecule has 0 aliphatic heterocycles. The lowest BCUT2D eigenvalue weighted by atomic mass is 9.90. The Morgan fingerprint density at radius 1 is 0.896 bits per heavy atom. The van der Waals surface area contributed by atoms with Gasteiger partial charge in [0.1, 0.15) is 11.6 Å². The summed E-state index contributed by atoms with van der Waals surface area (Å²) in [6.07, 6.45) is 3.10. The summed E-state index contributed by atoms with van der Waals surface area (Å²) in [5.74, 6) is -0.339. The first kappa shape index (κ1) is 39.4. The first-order valence-electron chi connectivity index (χ1n) is 17.4. The molecule has 264 valence electrons. The fourth-order valence-electron chi connectivity index (χ4n) is 5.79. The van der Waals surface area contributed by atoms with Gasteiger partial charge in [0.2, 0.25) is 17.7 Å². The summed E-state index contributed by atoms with van der Waals surface area (Å²) in [5, 5.41) is 30.9. The van der Waals surface area contributed by atoms with Crippen LogP contribution in [0.1, 0.15) is 85.6 Å². The third-order valence-corrected chi connectivity index (χ3v) is 10.6. The van der Waals surface area contributed by atoms with Crippen LogP contribution >= 0.6 is 23.1 Å². The van der Waals surface area contributed by atoms with Gasteiger partial charge in [0, 0.05) is 18.2 Å². The zero-order chi connectivity index (χ0) is 35.1. The van der Waals surface area contributed by atoms with Gasteiger partial charge >= 0.3 is 0 Å². The van der Waals surface area contributed by atoms with Gasteiger partial charge in [-0.15, -0.1) is 10.2 Å².